The van der Waals surface area contributed by atoms with E-state index >= 15 is 0 Å². The van der Waals surface area contributed by atoms with Gasteiger partial charge in [-0.25, -0.2) is 4.39 Å². The molecule has 0 unspecified atom stereocenters. The number of amides is 1. The van der Waals surface area contributed by atoms with Crippen LogP contribution >= 0.6 is 11.3 Å². The lowest BCUT2D eigenvalue weighted by Crippen LogP contribution is -2.23. The summed E-state index contributed by atoms with van der Waals surface area (Å²) in [5.41, 5.74) is 7.08. The fourth-order valence-electron chi connectivity index (χ4n) is 2.48. The zero-order chi connectivity index (χ0) is 14.1. The monoisotopic (exact) mass is 290 g/mol. The number of hydrogen-bond donors (Lipinski definition) is 2. The standard InChI is InChI=1S/C15H15FN2OS/c16-12-5-2-4-11(14(12)17)15(19)18-8-10-7-9-3-1-6-13(9)20-10/h2,4-5,7H,1,3,6,8,17H2,(H,18,19). The highest BCUT2D eigenvalue weighted by Gasteiger charge is 2.16. The number of carbonyl (C=O) groups is 1. The van der Waals surface area contributed by atoms with Gasteiger partial charge in [-0.1, -0.05) is 6.07 Å². The van der Waals surface area contributed by atoms with Crippen LogP contribution in [0.15, 0.2) is 24.3 Å². The van der Waals surface area contributed by atoms with Crippen molar-refractivity contribution < 1.29 is 9.18 Å². The van der Waals surface area contributed by atoms with E-state index in [4.69, 9.17) is 5.73 Å². The molecule has 1 amide bonds. The topological polar surface area (TPSA) is 55.1 Å². The predicted octanol–water partition coefficient (Wildman–Crippen LogP) is 2.89. The van der Waals surface area contributed by atoms with Gasteiger partial charge in [0.2, 0.25) is 0 Å². The van der Waals surface area contributed by atoms with E-state index in [0.29, 0.717) is 6.54 Å². The summed E-state index contributed by atoms with van der Waals surface area (Å²) in [6, 6.07) is 6.42. The smallest absolute Gasteiger partial charge is 0.253 e. The maximum absolute atomic E-state index is 13.3. The lowest BCUT2D eigenvalue weighted by atomic mass is 10.1. The van der Waals surface area contributed by atoms with Gasteiger partial charge in [-0.05, 0) is 43.0 Å². The van der Waals surface area contributed by atoms with Crippen LogP contribution < -0.4 is 11.1 Å². The number of thiophene rings is 1. The Labute approximate surface area is 120 Å². The number of anilines is 1. The van der Waals surface area contributed by atoms with Gasteiger partial charge in [0.1, 0.15) is 5.82 Å². The van der Waals surface area contributed by atoms with E-state index in [-0.39, 0.29) is 17.2 Å². The quantitative estimate of drug-likeness (QED) is 0.854. The van der Waals surface area contributed by atoms with Crippen LogP contribution in [0.25, 0.3) is 0 Å². The van der Waals surface area contributed by atoms with Crippen molar-refractivity contribution in [3.05, 3.63) is 51.0 Å². The molecule has 5 heteroatoms. The molecule has 2 aromatic rings. The number of aryl methyl sites for hydroxylation is 2. The highest BCUT2D eigenvalue weighted by Crippen LogP contribution is 2.30. The van der Waals surface area contributed by atoms with Gasteiger partial charge < -0.3 is 11.1 Å². The molecule has 1 aromatic heterocycles. The number of nitrogens with two attached hydrogens (primary N) is 1. The van der Waals surface area contributed by atoms with Gasteiger partial charge in [0.05, 0.1) is 17.8 Å². The van der Waals surface area contributed by atoms with Crippen molar-refractivity contribution in [2.45, 2.75) is 25.8 Å². The second kappa shape index (κ2) is 5.25. The second-order valence-electron chi connectivity index (χ2n) is 4.90. The third-order valence-corrected chi connectivity index (χ3v) is 4.76. The second-order valence-corrected chi connectivity index (χ2v) is 6.12. The zero-order valence-corrected chi connectivity index (χ0v) is 11.7. The van der Waals surface area contributed by atoms with E-state index in [1.54, 1.807) is 11.3 Å². The molecule has 0 bridgehead atoms. The number of rotatable bonds is 3. The number of carbonyl (C=O) groups excluding carboxylic acids is 1. The average Bonchev–Trinajstić information content (AvgIpc) is 3.00. The maximum Gasteiger partial charge on any atom is 0.253 e. The van der Waals surface area contributed by atoms with Gasteiger partial charge in [-0.15, -0.1) is 11.3 Å². The molecule has 20 heavy (non-hydrogen) atoms. The molecule has 1 aliphatic rings. The van der Waals surface area contributed by atoms with Gasteiger partial charge in [0.25, 0.3) is 5.91 Å². The molecule has 0 spiro atoms. The Hall–Kier alpha value is -1.88. The Morgan fingerprint density at radius 1 is 1.40 bits per heavy atom. The van der Waals surface area contributed by atoms with Crippen LogP contribution in [0.5, 0.6) is 0 Å². The zero-order valence-electron chi connectivity index (χ0n) is 10.9. The van der Waals surface area contributed by atoms with Crippen LogP contribution in [0.2, 0.25) is 0 Å². The number of hydrogen-bond acceptors (Lipinski definition) is 3. The number of benzene rings is 1. The molecule has 3 nitrogen and oxygen atoms in total. The van der Waals surface area contributed by atoms with Crippen LogP contribution in [-0.2, 0) is 19.4 Å². The van der Waals surface area contributed by atoms with Crippen molar-refractivity contribution in [1.82, 2.24) is 5.32 Å². The SMILES string of the molecule is Nc1c(F)cccc1C(=O)NCc1cc2c(s1)CCC2. The summed E-state index contributed by atoms with van der Waals surface area (Å²) >= 11 is 1.75. The van der Waals surface area contributed by atoms with Crippen molar-refractivity contribution in [3.8, 4) is 0 Å². The predicted molar refractivity (Wildman–Crippen MR) is 78.3 cm³/mol. The molecule has 0 saturated heterocycles. The third kappa shape index (κ3) is 2.41. The molecule has 3 rings (SSSR count). The first-order chi connectivity index (χ1) is 9.65. The minimum atomic E-state index is -0.562. The van der Waals surface area contributed by atoms with Gasteiger partial charge in [-0.2, -0.15) is 0 Å². The lowest BCUT2D eigenvalue weighted by molar-refractivity contribution is 0.0952. The fraction of sp³-hybridized carbons (Fsp3) is 0.267. The van der Waals surface area contributed by atoms with Gasteiger partial charge in [-0.3, -0.25) is 4.79 Å². The van der Waals surface area contributed by atoms with Crippen LogP contribution in [0, 0.1) is 5.82 Å². The number of nitrogens with one attached hydrogen (secondary N) is 1. The number of halogens is 1. The summed E-state index contributed by atoms with van der Waals surface area (Å²) in [5, 5.41) is 2.80. The summed E-state index contributed by atoms with van der Waals surface area (Å²) in [7, 11) is 0. The molecule has 0 aliphatic heterocycles. The Morgan fingerprint density at radius 3 is 3.05 bits per heavy atom. The first-order valence-electron chi connectivity index (χ1n) is 6.58. The molecule has 3 N–H and O–H groups in total. The molecule has 0 fully saturated rings. The van der Waals surface area contributed by atoms with Crippen LogP contribution in [0.1, 0.15) is 32.1 Å². The minimum absolute atomic E-state index is 0.0984. The normalized spacial score (nSPS) is 13.2. The highest BCUT2D eigenvalue weighted by molar-refractivity contribution is 7.12. The van der Waals surface area contributed by atoms with Gasteiger partial charge in [0, 0.05) is 9.75 Å². The molecule has 104 valence electrons. The Balaban J connectivity index is 1.68. The molecule has 1 aromatic carbocycles. The molecule has 0 atom stereocenters. The van der Waals surface area contributed by atoms with Crippen molar-refractivity contribution in [2.24, 2.45) is 0 Å². The molecular formula is C15H15FN2OS. The van der Waals surface area contributed by atoms with E-state index in [2.05, 4.69) is 11.4 Å². The van der Waals surface area contributed by atoms with E-state index in [1.807, 2.05) is 0 Å². The van der Waals surface area contributed by atoms with Crippen molar-refractivity contribution in [1.29, 1.82) is 0 Å². The van der Waals surface area contributed by atoms with Crippen LogP contribution in [0.4, 0.5) is 10.1 Å². The molecule has 1 heterocycles. The lowest BCUT2D eigenvalue weighted by Gasteiger charge is -2.07. The fourth-order valence-corrected chi connectivity index (χ4v) is 3.68. The minimum Gasteiger partial charge on any atom is -0.396 e. The van der Waals surface area contributed by atoms with Gasteiger partial charge >= 0.3 is 0 Å². The summed E-state index contributed by atoms with van der Waals surface area (Å²) < 4.78 is 13.3. The number of para-hydroxylation sites is 1. The van der Waals surface area contributed by atoms with E-state index in [9.17, 15) is 9.18 Å². The maximum atomic E-state index is 13.3. The number of fused-ring (bicyclic) bond motifs is 1. The largest absolute Gasteiger partial charge is 0.396 e. The first-order valence-corrected chi connectivity index (χ1v) is 7.39. The van der Waals surface area contributed by atoms with E-state index in [0.717, 1.165) is 17.7 Å². The van der Waals surface area contributed by atoms with Crippen molar-refractivity contribution >= 4 is 22.9 Å². The summed E-state index contributed by atoms with van der Waals surface area (Å²) in [5.74, 6) is -0.900. The summed E-state index contributed by atoms with van der Waals surface area (Å²) in [6.07, 6.45) is 3.51. The van der Waals surface area contributed by atoms with Crippen molar-refractivity contribution in [2.75, 3.05) is 5.73 Å². The molecule has 0 radical (unpaired) electrons. The Kier molecular flexibility index (Phi) is 3.44. The Morgan fingerprint density at radius 2 is 2.25 bits per heavy atom. The average molecular weight is 290 g/mol. The highest BCUT2D eigenvalue weighted by atomic mass is 32.1. The summed E-state index contributed by atoms with van der Waals surface area (Å²) in [4.78, 5) is 14.6. The summed E-state index contributed by atoms with van der Waals surface area (Å²) in [6.45, 7) is 0.465. The van der Waals surface area contributed by atoms with Crippen LogP contribution in [-0.4, -0.2) is 5.91 Å². The van der Waals surface area contributed by atoms with E-state index < -0.39 is 5.82 Å². The third-order valence-electron chi connectivity index (χ3n) is 3.52. The first kappa shape index (κ1) is 13.1. The molecule has 0 saturated carbocycles. The molecule has 1 aliphatic carbocycles. The Bertz CT molecular complexity index is 644. The van der Waals surface area contributed by atoms with Crippen LogP contribution in [0.3, 0.4) is 0 Å². The van der Waals surface area contributed by atoms with E-state index in [1.165, 1.54) is 35.1 Å². The number of nitrogen functional groups attached to an aromatic ring is 1. The van der Waals surface area contributed by atoms with Gasteiger partial charge in [0.15, 0.2) is 0 Å². The van der Waals surface area contributed by atoms with Crippen molar-refractivity contribution in [3.63, 3.8) is 0 Å². The molecular weight excluding hydrogens is 275 g/mol.